The lowest BCUT2D eigenvalue weighted by atomic mass is 9.85. The van der Waals surface area contributed by atoms with E-state index in [4.69, 9.17) is 0 Å². The van der Waals surface area contributed by atoms with Crippen molar-refractivity contribution in [2.24, 2.45) is 17.8 Å². The Kier molecular flexibility index (Phi) is 5.35. The summed E-state index contributed by atoms with van der Waals surface area (Å²) in [6, 6.07) is 0. The van der Waals surface area contributed by atoms with Crippen molar-refractivity contribution in [3.05, 3.63) is 0 Å². The van der Waals surface area contributed by atoms with Crippen molar-refractivity contribution in [1.29, 1.82) is 0 Å². The summed E-state index contributed by atoms with van der Waals surface area (Å²) in [4.78, 5) is 0. The van der Waals surface area contributed by atoms with Crippen LogP contribution in [0.5, 0.6) is 0 Å². The van der Waals surface area contributed by atoms with E-state index < -0.39 is 0 Å². The SMILES string of the molecule is CCC(C)C(C)C(C)CP. The van der Waals surface area contributed by atoms with Crippen molar-refractivity contribution in [2.45, 2.75) is 34.1 Å². The lowest BCUT2D eigenvalue weighted by molar-refractivity contribution is 0.293. The zero-order valence-corrected chi connectivity index (χ0v) is 8.88. The summed E-state index contributed by atoms with van der Waals surface area (Å²) in [7, 11) is 2.83. The van der Waals surface area contributed by atoms with Gasteiger partial charge in [-0.05, 0) is 23.9 Å². The molecule has 0 bridgehead atoms. The molecule has 0 nitrogen and oxygen atoms in total. The molecule has 0 saturated heterocycles. The van der Waals surface area contributed by atoms with Gasteiger partial charge in [0.15, 0.2) is 0 Å². The Morgan fingerprint density at radius 1 is 1.10 bits per heavy atom. The molecule has 0 aliphatic carbocycles. The molecule has 0 saturated carbocycles. The third-order valence-electron chi connectivity index (χ3n) is 2.81. The molecule has 0 aliphatic heterocycles. The molecular weight excluding hydrogens is 139 g/mol. The largest absolute Gasteiger partial charge is 0.137 e. The van der Waals surface area contributed by atoms with E-state index in [9.17, 15) is 0 Å². The Morgan fingerprint density at radius 3 is 1.90 bits per heavy atom. The molecule has 4 unspecified atom stereocenters. The first-order chi connectivity index (χ1) is 4.63. The topological polar surface area (TPSA) is 0 Å². The van der Waals surface area contributed by atoms with Crippen LogP contribution in [-0.4, -0.2) is 6.16 Å². The minimum absolute atomic E-state index is 0.861. The first-order valence-corrected chi connectivity index (χ1v) is 5.15. The lowest BCUT2D eigenvalue weighted by Crippen LogP contribution is -2.16. The van der Waals surface area contributed by atoms with Crippen molar-refractivity contribution < 1.29 is 0 Å². The molecule has 1 heteroatoms. The van der Waals surface area contributed by atoms with Crippen molar-refractivity contribution in [3.8, 4) is 0 Å². The molecule has 0 rings (SSSR count). The van der Waals surface area contributed by atoms with Crippen molar-refractivity contribution in [2.75, 3.05) is 6.16 Å². The van der Waals surface area contributed by atoms with Gasteiger partial charge in [-0.2, -0.15) is 0 Å². The maximum Gasteiger partial charge on any atom is -0.0353 e. The molecule has 62 valence electrons. The van der Waals surface area contributed by atoms with Crippen LogP contribution >= 0.6 is 9.24 Å². The second-order valence-corrected chi connectivity index (χ2v) is 3.93. The van der Waals surface area contributed by atoms with E-state index in [2.05, 4.69) is 36.9 Å². The summed E-state index contributed by atoms with van der Waals surface area (Å²) >= 11 is 0. The van der Waals surface area contributed by atoms with E-state index in [1.807, 2.05) is 0 Å². The first kappa shape index (κ1) is 10.4. The minimum atomic E-state index is 0.861. The average molecular weight is 160 g/mol. The molecule has 0 heterocycles. The standard InChI is InChI=1S/C9H21P/c1-5-7(2)9(4)8(3)6-10/h7-9H,5-6,10H2,1-4H3. The molecule has 0 amide bonds. The van der Waals surface area contributed by atoms with Gasteiger partial charge in [-0.1, -0.05) is 34.1 Å². The Balaban J connectivity index is 3.69. The van der Waals surface area contributed by atoms with E-state index in [0.29, 0.717) is 0 Å². The second-order valence-electron chi connectivity index (χ2n) is 3.46. The van der Waals surface area contributed by atoms with Crippen molar-refractivity contribution in [1.82, 2.24) is 0 Å². The van der Waals surface area contributed by atoms with Gasteiger partial charge < -0.3 is 0 Å². The predicted molar refractivity (Wildman–Crippen MR) is 52.4 cm³/mol. The summed E-state index contributed by atoms with van der Waals surface area (Å²) in [5.74, 6) is 2.62. The van der Waals surface area contributed by atoms with Gasteiger partial charge in [0.25, 0.3) is 0 Å². The van der Waals surface area contributed by atoms with Crippen LogP contribution in [0.25, 0.3) is 0 Å². The highest BCUT2D eigenvalue weighted by atomic mass is 31.0. The predicted octanol–water partition coefficient (Wildman–Crippen LogP) is 3.18. The van der Waals surface area contributed by atoms with Gasteiger partial charge in [0.05, 0.1) is 0 Å². The molecule has 0 aromatic rings. The van der Waals surface area contributed by atoms with E-state index in [1.54, 1.807) is 0 Å². The van der Waals surface area contributed by atoms with Crippen LogP contribution in [-0.2, 0) is 0 Å². The van der Waals surface area contributed by atoms with Crippen LogP contribution in [0.2, 0.25) is 0 Å². The fourth-order valence-electron chi connectivity index (χ4n) is 1.15. The van der Waals surface area contributed by atoms with Crippen LogP contribution in [0.3, 0.4) is 0 Å². The normalized spacial score (nSPS) is 20.1. The highest BCUT2D eigenvalue weighted by Crippen LogP contribution is 2.23. The van der Waals surface area contributed by atoms with E-state index in [0.717, 1.165) is 17.8 Å². The number of rotatable bonds is 4. The van der Waals surface area contributed by atoms with E-state index in [-0.39, 0.29) is 0 Å². The van der Waals surface area contributed by atoms with Gasteiger partial charge >= 0.3 is 0 Å². The molecular formula is C9H21P. The molecule has 0 aromatic carbocycles. The minimum Gasteiger partial charge on any atom is -0.137 e. The molecule has 0 N–H and O–H groups in total. The summed E-state index contributed by atoms with van der Waals surface area (Å²) in [5.41, 5.74) is 0. The Hall–Kier alpha value is 0.430. The molecule has 0 aromatic heterocycles. The third kappa shape index (κ3) is 3.01. The summed E-state index contributed by atoms with van der Waals surface area (Å²) in [5, 5.41) is 0. The Labute approximate surface area is 68.0 Å². The molecule has 10 heavy (non-hydrogen) atoms. The second kappa shape index (κ2) is 5.13. The highest BCUT2D eigenvalue weighted by molar-refractivity contribution is 7.16. The summed E-state index contributed by atoms with van der Waals surface area (Å²) in [6.07, 6.45) is 2.56. The highest BCUT2D eigenvalue weighted by Gasteiger charge is 2.15. The van der Waals surface area contributed by atoms with Crippen LogP contribution in [0.4, 0.5) is 0 Å². The lowest BCUT2D eigenvalue weighted by Gasteiger charge is -2.23. The zero-order valence-electron chi connectivity index (χ0n) is 7.72. The Morgan fingerprint density at radius 2 is 1.60 bits per heavy atom. The van der Waals surface area contributed by atoms with Gasteiger partial charge in [-0.3, -0.25) is 0 Å². The van der Waals surface area contributed by atoms with Gasteiger partial charge in [0.1, 0.15) is 0 Å². The summed E-state index contributed by atoms with van der Waals surface area (Å²) < 4.78 is 0. The number of hydrogen-bond acceptors (Lipinski definition) is 0. The van der Waals surface area contributed by atoms with Crippen molar-refractivity contribution in [3.63, 3.8) is 0 Å². The van der Waals surface area contributed by atoms with Gasteiger partial charge in [0.2, 0.25) is 0 Å². The monoisotopic (exact) mass is 160 g/mol. The summed E-state index contributed by atoms with van der Waals surface area (Å²) in [6.45, 7) is 9.32. The molecule has 0 spiro atoms. The Bertz CT molecular complexity index is 70.8. The number of hydrogen-bond donors (Lipinski definition) is 0. The molecule has 4 atom stereocenters. The average Bonchev–Trinajstić information content (AvgIpc) is 2.00. The maximum atomic E-state index is 2.83. The quantitative estimate of drug-likeness (QED) is 0.554. The fraction of sp³-hybridized carbons (Fsp3) is 1.00. The molecule has 0 radical (unpaired) electrons. The zero-order chi connectivity index (χ0) is 8.15. The van der Waals surface area contributed by atoms with Gasteiger partial charge in [-0.25, -0.2) is 0 Å². The van der Waals surface area contributed by atoms with E-state index >= 15 is 0 Å². The maximum absolute atomic E-state index is 2.83. The molecule has 0 aliphatic rings. The third-order valence-corrected chi connectivity index (χ3v) is 3.55. The van der Waals surface area contributed by atoms with Crippen LogP contribution in [0.1, 0.15) is 34.1 Å². The van der Waals surface area contributed by atoms with Crippen LogP contribution in [0.15, 0.2) is 0 Å². The van der Waals surface area contributed by atoms with Crippen molar-refractivity contribution >= 4 is 9.24 Å². The fourth-order valence-corrected chi connectivity index (χ4v) is 1.58. The molecule has 0 fully saturated rings. The van der Waals surface area contributed by atoms with Crippen LogP contribution < -0.4 is 0 Å². The van der Waals surface area contributed by atoms with Gasteiger partial charge in [-0.15, -0.1) is 9.24 Å². The van der Waals surface area contributed by atoms with E-state index in [1.165, 1.54) is 12.6 Å². The first-order valence-electron chi connectivity index (χ1n) is 4.33. The van der Waals surface area contributed by atoms with Gasteiger partial charge in [0, 0.05) is 0 Å². The van der Waals surface area contributed by atoms with Crippen LogP contribution in [0, 0.1) is 17.8 Å². The smallest absolute Gasteiger partial charge is 0.0353 e.